The first kappa shape index (κ1) is 10.9. The second-order valence-corrected chi connectivity index (χ2v) is 3.84. The Morgan fingerprint density at radius 1 is 1.50 bits per heavy atom. The number of methoxy groups -OCH3 is 2. The fourth-order valence-electron chi connectivity index (χ4n) is 1.27. The Morgan fingerprint density at radius 3 is 2.88 bits per heavy atom. The number of esters is 1. The number of aromatic nitrogens is 3. The van der Waals surface area contributed by atoms with Crippen molar-refractivity contribution in [3.05, 3.63) is 22.6 Å². The largest absolute Gasteiger partial charge is 0.479 e. The monoisotopic (exact) mass is 285 g/mol. The summed E-state index contributed by atoms with van der Waals surface area (Å²) in [6.45, 7) is 0. The van der Waals surface area contributed by atoms with Crippen LogP contribution in [-0.2, 0) is 4.74 Å². The van der Waals surface area contributed by atoms with Crippen molar-refractivity contribution in [3.63, 3.8) is 0 Å². The molecule has 0 atom stereocenters. The van der Waals surface area contributed by atoms with Crippen molar-refractivity contribution in [2.24, 2.45) is 0 Å². The highest BCUT2D eigenvalue weighted by atomic mass is 79.9. The lowest BCUT2D eigenvalue weighted by Gasteiger charge is -2.03. The molecule has 0 aliphatic heterocycles. The lowest BCUT2D eigenvalue weighted by molar-refractivity contribution is 0.0583. The Kier molecular flexibility index (Phi) is 2.78. The molecule has 2 heterocycles. The third kappa shape index (κ3) is 1.73. The van der Waals surface area contributed by atoms with Gasteiger partial charge in [-0.25, -0.2) is 9.31 Å². The topological polar surface area (TPSA) is 65.7 Å². The molecule has 0 amide bonds. The van der Waals surface area contributed by atoms with Crippen LogP contribution in [0.15, 0.2) is 16.7 Å². The van der Waals surface area contributed by atoms with Gasteiger partial charge in [-0.3, -0.25) is 0 Å². The van der Waals surface area contributed by atoms with E-state index in [-0.39, 0.29) is 5.82 Å². The SMILES string of the molecule is COC(=O)c1nc(OC)c2cc(Br)cn2n1. The summed E-state index contributed by atoms with van der Waals surface area (Å²) >= 11 is 3.31. The molecule has 0 bridgehead atoms. The van der Waals surface area contributed by atoms with E-state index in [9.17, 15) is 4.79 Å². The number of rotatable bonds is 2. The molecule has 2 aromatic rings. The van der Waals surface area contributed by atoms with E-state index in [1.807, 2.05) is 0 Å². The van der Waals surface area contributed by atoms with Gasteiger partial charge in [0.25, 0.3) is 5.82 Å². The number of hydrogen-bond donors (Lipinski definition) is 0. The lowest BCUT2D eigenvalue weighted by atomic mass is 10.5. The number of fused-ring (bicyclic) bond motifs is 1. The second-order valence-electron chi connectivity index (χ2n) is 2.92. The van der Waals surface area contributed by atoms with Gasteiger partial charge in [0, 0.05) is 10.7 Å². The zero-order valence-corrected chi connectivity index (χ0v) is 10.2. The highest BCUT2D eigenvalue weighted by molar-refractivity contribution is 9.10. The number of carbonyl (C=O) groups excluding carboxylic acids is 1. The van der Waals surface area contributed by atoms with Gasteiger partial charge in [-0.05, 0) is 22.0 Å². The van der Waals surface area contributed by atoms with E-state index in [0.29, 0.717) is 11.4 Å². The van der Waals surface area contributed by atoms with Crippen molar-refractivity contribution in [1.82, 2.24) is 14.6 Å². The Morgan fingerprint density at radius 2 is 2.25 bits per heavy atom. The van der Waals surface area contributed by atoms with Crippen LogP contribution in [0.2, 0.25) is 0 Å². The molecule has 7 heteroatoms. The van der Waals surface area contributed by atoms with Gasteiger partial charge in [0.05, 0.1) is 14.2 Å². The van der Waals surface area contributed by atoms with E-state index in [2.05, 4.69) is 30.7 Å². The number of hydrogen-bond acceptors (Lipinski definition) is 5. The maximum atomic E-state index is 11.3. The quantitative estimate of drug-likeness (QED) is 0.778. The molecule has 0 spiro atoms. The predicted molar refractivity (Wildman–Crippen MR) is 58.6 cm³/mol. The zero-order valence-electron chi connectivity index (χ0n) is 8.60. The first-order valence-corrected chi connectivity index (χ1v) is 5.13. The van der Waals surface area contributed by atoms with Gasteiger partial charge in [0.2, 0.25) is 5.88 Å². The van der Waals surface area contributed by atoms with Crippen LogP contribution in [0.25, 0.3) is 5.52 Å². The van der Waals surface area contributed by atoms with Crippen molar-refractivity contribution in [1.29, 1.82) is 0 Å². The molecule has 0 aromatic carbocycles. The lowest BCUT2D eigenvalue weighted by Crippen LogP contribution is -2.11. The summed E-state index contributed by atoms with van der Waals surface area (Å²) in [5, 5.41) is 4.00. The minimum Gasteiger partial charge on any atom is -0.479 e. The summed E-state index contributed by atoms with van der Waals surface area (Å²) in [5.41, 5.74) is 0.669. The Labute approximate surface area is 99.3 Å². The molecule has 16 heavy (non-hydrogen) atoms. The molecule has 0 saturated heterocycles. The van der Waals surface area contributed by atoms with Crippen molar-refractivity contribution in [2.75, 3.05) is 14.2 Å². The van der Waals surface area contributed by atoms with Crippen LogP contribution in [0.5, 0.6) is 5.88 Å². The van der Waals surface area contributed by atoms with Gasteiger partial charge >= 0.3 is 5.97 Å². The molecule has 0 saturated carbocycles. The molecule has 2 rings (SSSR count). The first-order valence-electron chi connectivity index (χ1n) is 4.34. The molecule has 0 N–H and O–H groups in total. The van der Waals surface area contributed by atoms with Crippen LogP contribution in [0.1, 0.15) is 10.6 Å². The average molecular weight is 286 g/mol. The van der Waals surface area contributed by atoms with E-state index in [0.717, 1.165) is 4.47 Å². The Balaban J connectivity index is 2.67. The van der Waals surface area contributed by atoms with Crippen LogP contribution in [0.4, 0.5) is 0 Å². The van der Waals surface area contributed by atoms with Crippen molar-refractivity contribution < 1.29 is 14.3 Å². The van der Waals surface area contributed by atoms with Crippen LogP contribution in [0, 0.1) is 0 Å². The maximum absolute atomic E-state index is 11.3. The Hall–Kier alpha value is -1.63. The second kappa shape index (κ2) is 4.09. The maximum Gasteiger partial charge on any atom is 0.378 e. The van der Waals surface area contributed by atoms with Gasteiger partial charge in [-0.2, -0.15) is 4.98 Å². The standard InChI is InChI=1S/C9H8BrN3O3/c1-15-8-6-3-5(10)4-13(6)12-7(11-8)9(14)16-2/h3-4H,1-2H3. The average Bonchev–Trinajstić information content (AvgIpc) is 2.66. The third-order valence-corrected chi connectivity index (χ3v) is 2.39. The number of carbonyl (C=O) groups is 1. The van der Waals surface area contributed by atoms with Crippen LogP contribution < -0.4 is 4.74 Å². The molecule has 84 valence electrons. The minimum absolute atomic E-state index is 0.0463. The zero-order chi connectivity index (χ0) is 11.7. The normalized spacial score (nSPS) is 10.4. The number of nitrogens with zero attached hydrogens (tertiary/aromatic N) is 3. The van der Waals surface area contributed by atoms with Crippen LogP contribution >= 0.6 is 15.9 Å². The molecule has 6 nitrogen and oxygen atoms in total. The fourth-order valence-corrected chi connectivity index (χ4v) is 1.68. The van der Waals surface area contributed by atoms with Gasteiger partial charge < -0.3 is 9.47 Å². The van der Waals surface area contributed by atoms with Crippen molar-refractivity contribution in [2.45, 2.75) is 0 Å². The molecular formula is C9H8BrN3O3. The highest BCUT2D eigenvalue weighted by Gasteiger charge is 2.15. The van der Waals surface area contributed by atoms with E-state index in [4.69, 9.17) is 4.74 Å². The van der Waals surface area contributed by atoms with E-state index >= 15 is 0 Å². The minimum atomic E-state index is -0.606. The first-order chi connectivity index (χ1) is 7.65. The van der Waals surface area contributed by atoms with E-state index in [1.54, 1.807) is 12.3 Å². The summed E-state index contributed by atoms with van der Waals surface area (Å²) in [7, 11) is 2.75. The van der Waals surface area contributed by atoms with Crippen molar-refractivity contribution in [3.8, 4) is 5.88 Å². The molecule has 2 aromatic heterocycles. The summed E-state index contributed by atoms with van der Waals surface area (Å²) in [6, 6.07) is 1.79. The fraction of sp³-hybridized carbons (Fsp3) is 0.222. The summed E-state index contributed by atoms with van der Waals surface area (Å²) < 4.78 is 11.9. The van der Waals surface area contributed by atoms with E-state index in [1.165, 1.54) is 18.7 Å². The van der Waals surface area contributed by atoms with Crippen LogP contribution in [0.3, 0.4) is 0 Å². The van der Waals surface area contributed by atoms with E-state index < -0.39 is 5.97 Å². The molecule has 0 fully saturated rings. The van der Waals surface area contributed by atoms with Gasteiger partial charge in [0.1, 0.15) is 5.52 Å². The molecule has 0 radical (unpaired) electrons. The smallest absolute Gasteiger partial charge is 0.378 e. The number of ether oxygens (including phenoxy) is 2. The molecule has 0 unspecified atom stereocenters. The summed E-state index contributed by atoms with van der Waals surface area (Å²) in [6.07, 6.45) is 1.70. The summed E-state index contributed by atoms with van der Waals surface area (Å²) in [4.78, 5) is 15.3. The number of halogens is 1. The summed E-state index contributed by atoms with van der Waals surface area (Å²) in [5.74, 6) is -0.332. The highest BCUT2D eigenvalue weighted by Crippen LogP contribution is 2.22. The predicted octanol–water partition coefficient (Wildman–Crippen LogP) is 1.29. The third-order valence-electron chi connectivity index (χ3n) is 1.96. The van der Waals surface area contributed by atoms with Gasteiger partial charge in [-0.1, -0.05) is 0 Å². The van der Waals surface area contributed by atoms with Crippen LogP contribution in [-0.4, -0.2) is 34.8 Å². The van der Waals surface area contributed by atoms with Gasteiger partial charge in [-0.15, -0.1) is 5.10 Å². The van der Waals surface area contributed by atoms with Crippen molar-refractivity contribution >= 4 is 27.4 Å². The van der Waals surface area contributed by atoms with Gasteiger partial charge in [0.15, 0.2) is 0 Å². The molecular weight excluding hydrogens is 278 g/mol. The molecule has 0 aliphatic carbocycles. The molecule has 0 aliphatic rings. The Bertz CT molecular complexity index is 552.